The smallest absolute Gasteiger partial charge is 0.232 e. The van der Waals surface area contributed by atoms with Crippen molar-refractivity contribution < 1.29 is 14.0 Å². The van der Waals surface area contributed by atoms with Crippen molar-refractivity contribution in [3.8, 4) is 11.1 Å². The van der Waals surface area contributed by atoms with Crippen LogP contribution in [0.25, 0.3) is 21.3 Å². The van der Waals surface area contributed by atoms with Gasteiger partial charge in [0, 0.05) is 5.69 Å². The number of rotatable bonds is 3. The summed E-state index contributed by atoms with van der Waals surface area (Å²) in [7, 11) is 0. The topological polar surface area (TPSA) is 71.1 Å². The van der Waals surface area contributed by atoms with Crippen LogP contribution in [-0.4, -0.2) is 23.0 Å². The fourth-order valence-corrected chi connectivity index (χ4v) is 4.45. The van der Waals surface area contributed by atoms with Gasteiger partial charge in [0.15, 0.2) is 5.13 Å². The number of hydrogen-bond donors (Lipinski definition) is 2. The van der Waals surface area contributed by atoms with Crippen LogP contribution in [0.15, 0.2) is 30.3 Å². The van der Waals surface area contributed by atoms with Crippen LogP contribution in [0.3, 0.4) is 0 Å². The lowest BCUT2D eigenvalue weighted by atomic mass is 9.96. The van der Waals surface area contributed by atoms with Gasteiger partial charge in [0.05, 0.1) is 22.6 Å². The third kappa shape index (κ3) is 2.78. The molecule has 2 heterocycles. The van der Waals surface area contributed by atoms with Gasteiger partial charge in [-0.1, -0.05) is 29.5 Å². The predicted molar refractivity (Wildman–Crippen MR) is 104 cm³/mol. The summed E-state index contributed by atoms with van der Waals surface area (Å²) in [5.74, 6) is -0.807. The van der Waals surface area contributed by atoms with Gasteiger partial charge in [-0.05, 0) is 47.7 Å². The van der Waals surface area contributed by atoms with Crippen molar-refractivity contribution in [3.05, 3.63) is 41.5 Å². The molecule has 5 rings (SSSR count). The number of anilines is 2. The minimum atomic E-state index is -1.02. The molecule has 1 aliphatic heterocycles. The Kier molecular flexibility index (Phi) is 3.55. The number of alkyl halides is 1. The molecule has 2 aliphatic rings. The van der Waals surface area contributed by atoms with E-state index in [1.165, 1.54) is 11.3 Å². The maximum Gasteiger partial charge on any atom is 0.232 e. The van der Waals surface area contributed by atoms with Crippen molar-refractivity contribution in [2.75, 3.05) is 10.6 Å². The molecule has 7 heteroatoms. The number of fused-ring (bicyclic) bond motifs is 2. The highest BCUT2D eigenvalue weighted by Gasteiger charge is 2.43. The van der Waals surface area contributed by atoms with Crippen molar-refractivity contribution in [2.45, 2.75) is 25.9 Å². The van der Waals surface area contributed by atoms with Crippen LogP contribution in [0.4, 0.5) is 15.2 Å². The zero-order valence-electron chi connectivity index (χ0n) is 14.5. The van der Waals surface area contributed by atoms with Crippen LogP contribution in [0.1, 0.15) is 17.5 Å². The molecule has 0 unspecified atom stereocenters. The molecule has 0 spiro atoms. The number of halogens is 1. The predicted octanol–water partition coefficient (Wildman–Crippen LogP) is 4.06. The molecule has 3 aromatic rings. The largest absolute Gasteiger partial charge is 0.325 e. The molecule has 136 valence electrons. The van der Waals surface area contributed by atoms with E-state index in [1.54, 1.807) is 0 Å². The number of amides is 2. The van der Waals surface area contributed by atoms with E-state index in [1.807, 2.05) is 37.3 Å². The first-order valence-electron chi connectivity index (χ1n) is 8.78. The molecule has 27 heavy (non-hydrogen) atoms. The molecule has 1 aromatic heterocycles. The third-order valence-electron chi connectivity index (χ3n) is 5.15. The summed E-state index contributed by atoms with van der Waals surface area (Å²) < 4.78 is 14.0. The Bertz CT molecular complexity index is 1120. The minimum absolute atomic E-state index is 0.0229. The Hall–Kier alpha value is -2.80. The van der Waals surface area contributed by atoms with Gasteiger partial charge in [0.1, 0.15) is 6.17 Å². The second-order valence-corrected chi connectivity index (χ2v) is 8.08. The number of nitrogens with zero attached hydrogens (tertiary/aromatic N) is 1. The molecular formula is C20H16FN3O2S. The van der Waals surface area contributed by atoms with E-state index in [2.05, 4.69) is 15.6 Å². The van der Waals surface area contributed by atoms with Crippen LogP contribution in [0, 0.1) is 12.8 Å². The normalized spacial score (nSPS) is 20.4. The molecule has 1 saturated carbocycles. The van der Waals surface area contributed by atoms with Gasteiger partial charge in [-0.25, -0.2) is 9.37 Å². The minimum Gasteiger partial charge on any atom is -0.325 e. The first-order chi connectivity index (χ1) is 13.0. The second-order valence-electron chi connectivity index (χ2n) is 7.05. The van der Waals surface area contributed by atoms with Crippen LogP contribution in [0.2, 0.25) is 0 Å². The lowest BCUT2D eigenvalue weighted by Crippen LogP contribution is -2.14. The van der Waals surface area contributed by atoms with Gasteiger partial charge in [-0.15, -0.1) is 0 Å². The van der Waals surface area contributed by atoms with E-state index < -0.39 is 12.1 Å². The van der Waals surface area contributed by atoms with E-state index in [-0.39, 0.29) is 11.8 Å². The van der Waals surface area contributed by atoms with Gasteiger partial charge in [-0.3, -0.25) is 9.59 Å². The van der Waals surface area contributed by atoms with Crippen LogP contribution in [-0.2, 0) is 16.0 Å². The van der Waals surface area contributed by atoms with Crippen LogP contribution in [0.5, 0.6) is 0 Å². The number of nitrogens with one attached hydrogen (secondary N) is 2. The van der Waals surface area contributed by atoms with Gasteiger partial charge >= 0.3 is 0 Å². The first kappa shape index (κ1) is 16.4. The summed E-state index contributed by atoms with van der Waals surface area (Å²) in [6.45, 7) is 2.01. The Morgan fingerprint density at radius 1 is 1.33 bits per heavy atom. The van der Waals surface area contributed by atoms with Gasteiger partial charge in [0.2, 0.25) is 11.8 Å². The Labute approximate surface area is 158 Å². The van der Waals surface area contributed by atoms with Crippen LogP contribution < -0.4 is 10.6 Å². The molecule has 2 N–H and O–H groups in total. The number of benzene rings is 2. The molecule has 2 amide bonds. The Morgan fingerprint density at radius 3 is 2.93 bits per heavy atom. The van der Waals surface area contributed by atoms with Crippen molar-refractivity contribution in [3.63, 3.8) is 0 Å². The average molecular weight is 381 g/mol. The number of thiazole rings is 1. The summed E-state index contributed by atoms with van der Waals surface area (Å²) in [5, 5.41) is 6.14. The van der Waals surface area contributed by atoms with Gasteiger partial charge in [0.25, 0.3) is 0 Å². The van der Waals surface area contributed by atoms with Gasteiger partial charge < -0.3 is 10.6 Å². The summed E-state index contributed by atoms with van der Waals surface area (Å²) in [4.78, 5) is 28.0. The monoisotopic (exact) mass is 381 g/mol. The maximum absolute atomic E-state index is 13.0. The van der Waals surface area contributed by atoms with E-state index >= 15 is 0 Å². The Balaban J connectivity index is 1.48. The van der Waals surface area contributed by atoms with Crippen molar-refractivity contribution in [1.82, 2.24) is 4.98 Å². The average Bonchev–Trinajstić information content (AvgIpc) is 3.05. The van der Waals surface area contributed by atoms with E-state index in [9.17, 15) is 14.0 Å². The van der Waals surface area contributed by atoms with Gasteiger partial charge in [-0.2, -0.15) is 0 Å². The fourth-order valence-electron chi connectivity index (χ4n) is 3.54. The lowest BCUT2D eigenvalue weighted by Gasteiger charge is -2.11. The van der Waals surface area contributed by atoms with Crippen molar-refractivity contribution in [2.24, 2.45) is 5.92 Å². The third-order valence-corrected chi connectivity index (χ3v) is 6.08. The standard InChI is InChI=1S/C20H16FN3O2S/c1-9-12(4-2-11-7-17(25)23-18(9)11)10-3-5-15-16(6-10)27-20(22-15)24-19(26)13-8-14(13)21/h2-6,13-14H,7-8H2,1H3,(H,23,25)(H,22,24,26)/t13-,14+/m1/s1. The highest BCUT2D eigenvalue weighted by molar-refractivity contribution is 7.22. The summed E-state index contributed by atoms with van der Waals surface area (Å²) in [5.41, 5.74) is 5.83. The SMILES string of the molecule is Cc1c(-c2ccc3nc(NC(=O)[C@@H]4C[C@@H]4F)sc3c2)ccc2c1NC(=O)C2. The van der Waals surface area contributed by atoms with E-state index in [4.69, 9.17) is 0 Å². The first-order valence-corrected chi connectivity index (χ1v) is 9.59. The molecule has 2 aromatic carbocycles. The molecule has 2 atom stereocenters. The molecule has 0 saturated heterocycles. The molecule has 1 fully saturated rings. The maximum atomic E-state index is 13.0. The quantitative estimate of drug-likeness (QED) is 0.719. The zero-order chi connectivity index (χ0) is 18.7. The zero-order valence-corrected chi connectivity index (χ0v) is 15.3. The number of hydrogen-bond acceptors (Lipinski definition) is 4. The number of carbonyl (C=O) groups is 2. The number of carbonyl (C=O) groups excluding carboxylic acids is 2. The molecule has 1 aliphatic carbocycles. The number of aromatic nitrogens is 1. The molecular weight excluding hydrogens is 365 g/mol. The molecule has 5 nitrogen and oxygen atoms in total. The fraction of sp³-hybridized carbons (Fsp3) is 0.250. The summed E-state index contributed by atoms with van der Waals surface area (Å²) >= 11 is 1.38. The van der Waals surface area contributed by atoms with Crippen molar-refractivity contribution in [1.29, 1.82) is 0 Å². The van der Waals surface area contributed by atoms with E-state index in [0.717, 1.165) is 38.2 Å². The van der Waals surface area contributed by atoms with Crippen LogP contribution >= 0.6 is 11.3 Å². The second kappa shape index (κ2) is 5.85. The highest BCUT2D eigenvalue weighted by atomic mass is 32.1. The molecule has 0 bridgehead atoms. The summed E-state index contributed by atoms with van der Waals surface area (Å²) in [6, 6.07) is 9.95. The van der Waals surface area contributed by atoms with Crippen molar-refractivity contribution >= 4 is 44.2 Å². The van der Waals surface area contributed by atoms with E-state index in [0.29, 0.717) is 18.0 Å². The Morgan fingerprint density at radius 2 is 2.15 bits per heavy atom. The highest BCUT2D eigenvalue weighted by Crippen LogP contribution is 2.38. The molecule has 0 radical (unpaired) electrons. The summed E-state index contributed by atoms with van der Waals surface area (Å²) in [6.07, 6.45) is -0.294. The lowest BCUT2D eigenvalue weighted by molar-refractivity contribution is -0.117.